The van der Waals surface area contributed by atoms with Crippen LogP contribution in [0.5, 0.6) is 0 Å². The number of esters is 1. The van der Waals surface area contributed by atoms with Crippen molar-refractivity contribution < 1.29 is 37.3 Å². The van der Waals surface area contributed by atoms with E-state index in [-0.39, 0.29) is 25.8 Å². The van der Waals surface area contributed by atoms with E-state index in [1.807, 2.05) is 21.1 Å². The van der Waals surface area contributed by atoms with Crippen LogP contribution >= 0.6 is 7.82 Å². The molecular weight excluding hydrogens is 709 g/mol. The van der Waals surface area contributed by atoms with E-state index in [2.05, 4.69) is 74.6 Å². The number of nitrogens with zero attached hydrogens (tertiary/aromatic N) is 1. The maximum Gasteiger partial charge on any atom is 0.472 e. The Morgan fingerprint density at radius 2 is 1.05 bits per heavy atom. The van der Waals surface area contributed by atoms with Gasteiger partial charge >= 0.3 is 13.8 Å². The smallest absolute Gasteiger partial charge is 0.457 e. The Balaban J connectivity index is 4.25. The molecule has 0 rings (SSSR count). The number of phosphoric ester groups is 1. The van der Waals surface area contributed by atoms with E-state index in [1.165, 1.54) is 70.6 Å². The van der Waals surface area contributed by atoms with Gasteiger partial charge in [-0.1, -0.05) is 145 Å². The van der Waals surface area contributed by atoms with E-state index >= 15 is 0 Å². The molecule has 0 aliphatic carbocycles. The number of ether oxygens (including phenoxy) is 2. The Morgan fingerprint density at radius 1 is 0.582 bits per heavy atom. The first-order valence-corrected chi connectivity index (χ1v) is 23.5. The van der Waals surface area contributed by atoms with Gasteiger partial charge in [-0.2, -0.15) is 0 Å². The average Bonchev–Trinajstić information content (AvgIpc) is 3.13. The lowest BCUT2D eigenvalue weighted by Gasteiger charge is -2.24. The minimum absolute atomic E-state index is 0.0822. The van der Waals surface area contributed by atoms with Crippen LogP contribution in [0.25, 0.3) is 0 Å². The summed E-state index contributed by atoms with van der Waals surface area (Å²) >= 11 is 0. The highest BCUT2D eigenvalue weighted by Gasteiger charge is 2.26. The number of unbranched alkanes of at least 4 members (excludes halogenated alkanes) is 16. The molecule has 55 heavy (non-hydrogen) atoms. The van der Waals surface area contributed by atoms with Crippen molar-refractivity contribution in [1.29, 1.82) is 0 Å². The van der Waals surface area contributed by atoms with Gasteiger partial charge in [-0.3, -0.25) is 13.8 Å². The van der Waals surface area contributed by atoms with Gasteiger partial charge in [0.2, 0.25) is 0 Å². The molecule has 0 bridgehead atoms. The van der Waals surface area contributed by atoms with Crippen molar-refractivity contribution >= 4 is 13.8 Å². The highest BCUT2D eigenvalue weighted by molar-refractivity contribution is 7.47. The normalized spacial score (nSPS) is 14.4. The Morgan fingerprint density at radius 3 is 1.60 bits per heavy atom. The molecule has 0 fully saturated rings. The molecule has 0 radical (unpaired) electrons. The van der Waals surface area contributed by atoms with Crippen LogP contribution in [0.4, 0.5) is 0 Å². The first-order valence-electron chi connectivity index (χ1n) is 22.0. The van der Waals surface area contributed by atoms with Crippen molar-refractivity contribution in [3.05, 3.63) is 60.8 Å². The Kier molecular flexibility index (Phi) is 37.8. The van der Waals surface area contributed by atoms with Crippen molar-refractivity contribution in [1.82, 2.24) is 0 Å². The third-order valence-corrected chi connectivity index (χ3v) is 10.0. The molecule has 8 nitrogen and oxygen atoms in total. The maximum absolute atomic E-state index is 12.7. The minimum atomic E-state index is -4.28. The fourth-order valence-electron chi connectivity index (χ4n) is 5.65. The molecule has 0 heterocycles. The van der Waals surface area contributed by atoms with E-state index in [0.29, 0.717) is 24.1 Å². The molecule has 0 spiro atoms. The van der Waals surface area contributed by atoms with E-state index in [0.717, 1.165) is 77.0 Å². The van der Waals surface area contributed by atoms with Crippen LogP contribution < -0.4 is 0 Å². The third-order valence-electron chi connectivity index (χ3n) is 9.06. The number of hydrogen-bond donors (Lipinski definition) is 1. The fraction of sp³-hybridized carbons (Fsp3) is 0.761. The van der Waals surface area contributed by atoms with Crippen molar-refractivity contribution in [3.63, 3.8) is 0 Å². The quantitative estimate of drug-likeness (QED) is 0.0217. The summed E-state index contributed by atoms with van der Waals surface area (Å²) in [6, 6.07) is 0. The standard InChI is InChI=1S/C46H84NO7P/c1-6-8-10-12-14-16-18-20-21-22-23-24-25-26-28-30-32-34-36-38-41-51-43-45(44-53-55(49,50)52-42-40-47(3,4)5)54-46(48)39-37-35-33-31-29-27-19-17-15-13-11-9-7-2/h8,10,14,16-17,19-21,23-24,45H,6-7,9,11-13,15,18,22,25-44H2,1-5H3/p+1/b10-8-,16-14-,19-17-,21-20-,24-23-. The number of allylic oxidation sites excluding steroid dienone is 10. The highest BCUT2D eigenvalue weighted by Crippen LogP contribution is 2.43. The first kappa shape index (κ1) is 53.2. The van der Waals surface area contributed by atoms with Crippen LogP contribution in [0.2, 0.25) is 0 Å². The SMILES string of the molecule is CC/C=C\C/C=C\C/C=C\C/C=C\CCCCCCCCCOCC(COP(=O)(O)OCC[N+](C)(C)C)OC(=O)CCCCCCC/C=C\CCCCCC. The van der Waals surface area contributed by atoms with Gasteiger partial charge in [-0.15, -0.1) is 0 Å². The fourth-order valence-corrected chi connectivity index (χ4v) is 6.40. The zero-order valence-corrected chi connectivity index (χ0v) is 37.0. The molecule has 0 saturated heterocycles. The summed E-state index contributed by atoms with van der Waals surface area (Å²) in [6.45, 7) is 5.45. The molecule has 2 unspecified atom stereocenters. The van der Waals surface area contributed by atoms with Crippen molar-refractivity contribution in [2.24, 2.45) is 0 Å². The number of carbonyl (C=O) groups excluding carboxylic acids is 1. The van der Waals surface area contributed by atoms with E-state index in [4.69, 9.17) is 18.5 Å². The Bertz CT molecular complexity index is 1060. The second-order valence-corrected chi connectivity index (χ2v) is 17.1. The molecule has 0 aromatic heterocycles. The monoisotopic (exact) mass is 795 g/mol. The molecular formula is C46H85NO7P+. The van der Waals surface area contributed by atoms with Gasteiger partial charge in [-0.25, -0.2) is 4.57 Å². The summed E-state index contributed by atoms with van der Waals surface area (Å²) in [5, 5.41) is 0. The van der Waals surface area contributed by atoms with Crippen LogP contribution in [0.3, 0.4) is 0 Å². The highest BCUT2D eigenvalue weighted by atomic mass is 31.2. The Hall–Kier alpha value is -1.80. The lowest BCUT2D eigenvalue weighted by atomic mass is 10.1. The van der Waals surface area contributed by atoms with Gasteiger partial charge in [0.05, 0.1) is 34.4 Å². The molecule has 2 atom stereocenters. The molecule has 0 aromatic rings. The predicted molar refractivity (Wildman–Crippen MR) is 233 cm³/mol. The summed E-state index contributed by atoms with van der Waals surface area (Å²) in [6.07, 6.45) is 48.2. The summed E-state index contributed by atoms with van der Waals surface area (Å²) in [7, 11) is 1.65. The van der Waals surface area contributed by atoms with Gasteiger partial charge < -0.3 is 18.9 Å². The van der Waals surface area contributed by atoms with Crippen LogP contribution in [-0.2, 0) is 27.9 Å². The zero-order valence-electron chi connectivity index (χ0n) is 36.1. The van der Waals surface area contributed by atoms with E-state index in [1.54, 1.807) is 0 Å². The van der Waals surface area contributed by atoms with E-state index in [9.17, 15) is 14.3 Å². The van der Waals surface area contributed by atoms with Gasteiger partial charge in [0.1, 0.15) is 19.3 Å². The molecule has 0 amide bonds. The van der Waals surface area contributed by atoms with E-state index < -0.39 is 13.9 Å². The van der Waals surface area contributed by atoms with Crippen LogP contribution in [-0.4, -0.2) is 75.6 Å². The molecule has 320 valence electrons. The van der Waals surface area contributed by atoms with Crippen LogP contribution in [0.15, 0.2) is 60.8 Å². The molecule has 0 aliphatic heterocycles. The van der Waals surface area contributed by atoms with Crippen LogP contribution in [0, 0.1) is 0 Å². The lowest BCUT2D eigenvalue weighted by molar-refractivity contribution is -0.870. The first-order chi connectivity index (χ1) is 26.6. The largest absolute Gasteiger partial charge is 0.472 e. The summed E-state index contributed by atoms with van der Waals surface area (Å²) in [4.78, 5) is 22.9. The predicted octanol–water partition coefficient (Wildman–Crippen LogP) is 12.9. The summed E-state index contributed by atoms with van der Waals surface area (Å²) in [5.41, 5.74) is 0. The number of rotatable bonds is 40. The lowest BCUT2D eigenvalue weighted by Crippen LogP contribution is -2.37. The van der Waals surface area contributed by atoms with Gasteiger partial charge in [-0.05, 0) is 77.0 Å². The number of carbonyl (C=O) groups is 1. The van der Waals surface area contributed by atoms with Crippen molar-refractivity contribution in [2.75, 3.05) is 54.1 Å². The van der Waals surface area contributed by atoms with Crippen molar-refractivity contribution in [3.8, 4) is 0 Å². The van der Waals surface area contributed by atoms with Crippen molar-refractivity contribution in [2.45, 2.75) is 174 Å². The number of phosphoric acid groups is 1. The molecule has 0 saturated carbocycles. The van der Waals surface area contributed by atoms with Gasteiger partial charge in [0, 0.05) is 13.0 Å². The third kappa shape index (κ3) is 43.2. The molecule has 0 aromatic carbocycles. The maximum atomic E-state index is 12.7. The zero-order chi connectivity index (χ0) is 40.6. The number of hydrogen-bond acceptors (Lipinski definition) is 6. The van der Waals surface area contributed by atoms with Crippen LogP contribution in [0.1, 0.15) is 168 Å². The topological polar surface area (TPSA) is 91.3 Å². The second-order valence-electron chi connectivity index (χ2n) is 15.7. The van der Waals surface area contributed by atoms with Gasteiger partial charge in [0.25, 0.3) is 0 Å². The van der Waals surface area contributed by atoms with Gasteiger partial charge in [0.15, 0.2) is 0 Å². The molecule has 0 aliphatic rings. The summed E-state index contributed by atoms with van der Waals surface area (Å²) < 4.78 is 35.0. The number of quaternary nitrogens is 1. The summed E-state index contributed by atoms with van der Waals surface area (Å²) in [5.74, 6) is -0.330. The minimum Gasteiger partial charge on any atom is -0.457 e. The molecule has 1 N–H and O–H groups in total. The Labute approximate surface area is 339 Å². The number of likely N-dealkylation sites (N-methyl/N-ethyl adjacent to an activating group) is 1. The average molecular weight is 795 g/mol. The molecule has 9 heteroatoms. The second kappa shape index (κ2) is 39.0.